The lowest BCUT2D eigenvalue weighted by Gasteiger charge is -2.27. The minimum absolute atomic E-state index is 0.174. The van der Waals surface area contributed by atoms with Crippen LogP contribution in [-0.2, 0) is 11.3 Å². The van der Waals surface area contributed by atoms with Gasteiger partial charge in [-0.05, 0) is 55.7 Å². The van der Waals surface area contributed by atoms with Crippen LogP contribution in [0, 0.1) is 6.92 Å². The lowest BCUT2D eigenvalue weighted by Crippen LogP contribution is -2.35. The monoisotopic (exact) mass is 643 g/mol. The summed E-state index contributed by atoms with van der Waals surface area (Å²) in [6.07, 6.45) is 4.64. The van der Waals surface area contributed by atoms with Crippen LogP contribution in [0.1, 0.15) is 45.9 Å². The van der Waals surface area contributed by atoms with Gasteiger partial charge in [0.15, 0.2) is 11.5 Å². The first-order valence-corrected chi connectivity index (χ1v) is 15.4. The summed E-state index contributed by atoms with van der Waals surface area (Å²) in [6, 6.07) is 13.3. The number of hydrogen-bond acceptors (Lipinski definition) is 8. The highest BCUT2D eigenvalue weighted by Crippen LogP contribution is 2.41. The molecule has 1 amide bonds. The lowest BCUT2D eigenvalue weighted by atomic mass is 10.1. The van der Waals surface area contributed by atoms with E-state index in [1.807, 2.05) is 36.4 Å². The maximum absolute atomic E-state index is 13.4. The number of fused-ring (bicyclic) bond motifs is 1. The van der Waals surface area contributed by atoms with Gasteiger partial charge in [0.2, 0.25) is 0 Å². The number of ether oxygens (including phenoxy) is 2. The van der Waals surface area contributed by atoms with Gasteiger partial charge in [-0.3, -0.25) is 19.1 Å². The summed E-state index contributed by atoms with van der Waals surface area (Å²) in [5, 5.41) is 6.11. The molecule has 1 aliphatic carbocycles. The summed E-state index contributed by atoms with van der Waals surface area (Å²) in [4.78, 5) is 29.2. The number of halogens is 3. The molecule has 2 N–H and O–H groups in total. The number of carbonyl (C=O) groups excluding carboxylic acids is 1. The molecule has 0 radical (unpaired) electrons. The highest BCUT2D eigenvalue weighted by Gasteiger charge is 2.33. The fraction of sp³-hybridized carbons (Fsp3) is 0.294. The number of pyridine rings is 1. The van der Waals surface area contributed by atoms with Gasteiger partial charge in [0, 0.05) is 90.2 Å². The van der Waals surface area contributed by atoms with Crippen molar-refractivity contribution in [1.29, 1.82) is 0 Å². The van der Waals surface area contributed by atoms with Crippen molar-refractivity contribution in [3.63, 3.8) is 0 Å². The number of rotatable bonds is 9. The van der Waals surface area contributed by atoms with Crippen LogP contribution in [0.3, 0.4) is 0 Å². The Bertz CT molecular complexity index is 1920. The second-order valence-corrected chi connectivity index (χ2v) is 11.7. The van der Waals surface area contributed by atoms with Gasteiger partial charge in [-0.2, -0.15) is 0 Å². The van der Waals surface area contributed by atoms with E-state index in [9.17, 15) is 18.0 Å². The van der Waals surface area contributed by atoms with Crippen molar-refractivity contribution in [3.8, 4) is 17.0 Å². The highest BCUT2D eigenvalue weighted by atomic mass is 19.4. The molecule has 0 atom stereocenters. The number of hydrogen-bond donors (Lipinski definition) is 2. The number of anilines is 3. The number of carbonyl (C=O) groups is 1. The standard InChI is InChI=1S/C34H32F3N7O3/c1-21-4-5-23(33(45)40-26-9-8-25(19-43-11-13-46-14-12-43)30(16-26)47-34(35,36)37)15-27(21)41-31-32-39-18-29(22-6-7-22)44(32)20-28(42-31)24-3-2-10-38-17-24/h2-5,8-10,15-18,20,22H,6-7,11-14,19H2,1H3,(H,40,45)(H,41,42). The molecule has 1 saturated carbocycles. The molecule has 4 heterocycles. The summed E-state index contributed by atoms with van der Waals surface area (Å²) >= 11 is 0. The van der Waals surface area contributed by atoms with Crippen LogP contribution in [0.2, 0.25) is 0 Å². The minimum atomic E-state index is -4.89. The van der Waals surface area contributed by atoms with E-state index in [0.29, 0.717) is 66.2 Å². The van der Waals surface area contributed by atoms with Gasteiger partial charge in [0.05, 0.1) is 18.9 Å². The molecule has 2 fully saturated rings. The first-order valence-electron chi connectivity index (χ1n) is 15.4. The Labute approximate surface area is 268 Å². The van der Waals surface area contributed by atoms with Crippen molar-refractivity contribution in [2.24, 2.45) is 0 Å². The number of aromatic nitrogens is 4. The van der Waals surface area contributed by atoms with Gasteiger partial charge < -0.3 is 20.1 Å². The molecule has 0 bridgehead atoms. The Morgan fingerprint density at radius 2 is 1.91 bits per heavy atom. The van der Waals surface area contributed by atoms with Gasteiger partial charge >= 0.3 is 6.36 Å². The molecule has 0 spiro atoms. The van der Waals surface area contributed by atoms with Gasteiger partial charge in [0.25, 0.3) is 5.91 Å². The quantitative estimate of drug-likeness (QED) is 0.183. The van der Waals surface area contributed by atoms with Crippen LogP contribution in [0.5, 0.6) is 5.75 Å². The van der Waals surface area contributed by atoms with E-state index < -0.39 is 12.3 Å². The van der Waals surface area contributed by atoms with Crippen LogP contribution >= 0.6 is 0 Å². The third-order valence-electron chi connectivity index (χ3n) is 8.28. The van der Waals surface area contributed by atoms with Crippen molar-refractivity contribution in [2.75, 3.05) is 36.9 Å². The average Bonchev–Trinajstić information content (AvgIpc) is 3.81. The van der Waals surface area contributed by atoms with E-state index in [4.69, 9.17) is 9.72 Å². The number of benzene rings is 2. The van der Waals surface area contributed by atoms with E-state index in [-0.39, 0.29) is 18.0 Å². The van der Waals surface area contributed by atoms with Crippen molar-refractivity contribution >= 4 is 28.7 Å². The zero-order valence-electron chi connectivity index (χ0n) is 25.6. The van der Waals surface area contributed by atoms with Crippen molar-refractivity contribution in [3.05, 3.63) is 95.7 Å². The number of alkyl halides is 3. The predicted octanol–water partition coefficient (Wildman–Crippen LogP) is 6.70. The molecule has 13 heteroatoms. The van der Waals surface area contributed by atoms with E-state index in [2.05, 4.69) is 29.7 Å². The second-order valence-electron chi connectivity index (χ2n) is 11.7. The third-order valence-corrected chi connectivity index (χ3v) is 8.28. The number of imidazole rings is 1. The van der Waals surface area contributed by atoms with E-state index in [0.717, 1.165) is 29.7 Å². The van der Waals surface area contributed by atoms with Gasteiger partial charge in [-0.25, -0.2) is 9.97 Å². The molecule has 10 nitrogen and oxygen atoms in total. The van der Waals surface area contributed by atoms with Gasteiger partial charge in [-0.1, -0.05) is 12.1 Å². The minimum Gasteiger partial charge on any atom is -0.405 e. The zero-order valence-corrected chi connectivity index (χ0v) is 25.6. The zero-order chi connectivity index (χ0) is 32.5. The van der Waals surface area contributed by atoms with Gasteiger partial charge in [0.1, 0.15) is 5.75 Å². The molecule has 2 aromatic carbocycles. The molecule has 1 saturated heterocycles. The fourth-order valence-corrected chi connectivity index (χ4v) is 5.64. The van der Waals surface area contributed by atoms with Gasteiger partial charge in [-0.15, -0.1) is 13.2 Å². The number of nitrogens with zero attached hydrogens (tertiary/aromatic N) is 5. The largest absolute Gasteiger partial charge is 0.573 e. The van der Waals surface area contributed by atoms with Crippen LogP contribution in [0.25, 0.3) is 16.9 Å². The summed E-state index contributed by atoms with van der Waals surface area (Å²) in [5.74, 6) is 0.114. The maximum atomic E-state index is 13.4. The molecular weight excluding hydrogens is 611 g/mol. The Hall–Kier alpha value is -5.01. The maximum Gasteiger partial charge on any atom is 0.573 e. The first kappa shape index (κ1) is 30.6. The molecular formula is C34H32F3N7O3. The lowest BCUT2D eigenvalue weighted by molar-refractivity contribution is -0.275. The number of nitrogens with one attached hydrogen (secondary N) is 2. The van der Waals surface area contributed by atoms with E-state index >= 15 is 0 Å². The first-order chi connectivity index (χ1) is 22.7. The molecule has 3 aromatic heterocycles. The number of morpholine rings is 1. The van der Waals surface area contributed by atoms with E-state index in [1.165, 1.54) is 6.07 Å². The van der Waals surface area contributed by atoms with Crippen LogP contribution in [0.4, 0.5) is 30.4 Å². The summed E-state index contributed by atoms with van der Waals surface area (Å²) in [7, 11) is 0. The Balaban J connectivity index is 1.15. The van der Waals surface area contributed by atoms with E-state index in [1.54, 1.807) is 42.7 Å². The van der Waals surface area contributed by atoms with Crippen molar-refractivity contribution < 1.29 is 27.4 Å². The number of amides is 1. The van der Waals surface area contributed by atoms with Crippen LogP contribution in [0.15, 0.2) is 73.3 Å². The Morgan fingerprint density at radius 1 is 1.09 bits per heavy atom. The molecule has 0 unspecified atom stereocenters. The summed E-state index contributed by atoms with van der Waals surface area (Å²) in [6.45, 7) is 4.39. The topological polar surface area (TPSA) is 106 Å². The van der Waals surface area contributed by atoms with Crippen LogP contribution < -0.4 is 15.4 Å². The Morgan fingerprint density at radius 3 is 2.66 bits per heavy atom. The highest BCUT2D eigenvalue weighted by molar-refractivity contribution is 6.05. The normalized spacial score (nSPS) is 15.5. The average molecular weight is 644 g/mol. The molecule has 7 rings (SSSR count). The Kier molecular flexibility index (Phi) is 8.24. The van der Waals surface area contributed by atoms with Crippen molar-refractivity contribution in [1.82, 2.24) is 24.3 Å². The molecule has 242 valence electrons. The van der Waals surface area contributed by atoms with Crippen LogP contribution in [-0.4, -0.2) is 62.8 Å². The second kappa shape index (κ2) is 12.6. The summed E-state index contributed by atoms with van der Waals surface area (Å²) in [5.41, 5.74) is 5.66. The summed E-state index contributed by atoms with van der Waals surface area (Å²) < 4.78 is 51.7. The molecule has 47 heavy (non-hydrogen) atoms. The SMILES string of the molecule is Cc1ccc(C(=O)Nc2ccc(CN3CCOCC3)c(OC(F)(F)F)c2)cc1Nc1nc(-c2cccnc2)cn2c(C3CC3)cnc12. The smallest absolute Gasteiger partial charge is 0.405 e. The van der Waals surface area contributed by atoms with Crippen molar-refractivity contribution in [2.45, 2.75) is 38.6 Å². The molecule has 2 aliphatic rings. The third kappa shape index (κ3) is 7.05. The fourth-order valence-electron chi connectivity index (χ4n) is 5.64. The number of aryl methyl sites for hydroxylation is 1. The molecule has 5 aromatic rings. The predicted molar refractivity (Wildman–Crippen MR) is 170 cm³/mol. The molecule has 1 aliphatic heterocycles.